The average Bonchev–Trinajstić information content (AvgIpc) is 3.25. The standard InChI is InChI=1S/C27H31N3O3S/c1-20(15-21-7-5-4-6-8-21)17-29-11-9-23-26(24(33-3)16-25(31)30(23)13-12-29)27(32)28(2)18-22-10-14-34-19-22/h4-8,10,14-16,19H,9,11-13,17-18H2,1-3H3. The first-order valence-corrected chi connectivity index (χ1v) is 12.4. The van der Waals surface area contributed by atoms with Crippen molar-refractivity contribution in [2.45, 2.75) is 26.4 Å². The van der Waals surface area contributed by atoms with Crippen LogP contribution in [-0.2, 0) is 19.5 Å². The van der Waals surface area contributed by atoms with Gasteiger partial charge in [-0.2, -0.15) is 11.3 Å². The first-order chi connectivity index (χ1) is 16.5. The number of carbonyl (C=O) groups excluding carboxylic acids is 1. The van der Waals surface area contributed by atoms with Crippen molar-refractivity contribution in [3.05, 3.63) is 91.5 Å². The summed E-state index contributed by atoms with van der Waals surface area (Å²) >= 11 is 1.61. The second-order valence-electron chi connectivity index (χ2n) is 8.74. The molecule has 1 aliphatic heterocycles. The van der Waals surface area contributed by atoms with Crippen LogP contribution < -0.4 is 10.3 Å². The molecule has 3 heterocycles. The Balaban J connectivity index is 1.57. The molecule has 0 atom stereocenters. The highest BCUT2D eigenvalue weighted by molar-refractivity contribution is 7.07. The van der Waals surface area contributed by atoms with Gasteiger partial charge in [0.15, 0.2) is 0 Å². The van der Waals surface area contributed by atoms with E-state index in [9.17, 15) is 9.59 Å². The second-order valence-corrected chi connectivity index (χ2v) is 9.52. The lowest BCUT2D eigenvalue weighted by Crippen LogP contribution is -2.32. The van der Waals surface area contributed by atoms with Crippen molar-refractivity contribution in [1.82, 2.24) is 14.4 Å². The fourth-order valence-electron chi connectivity index (χ4n) is 4.49. The first kappa shape index (κ1) is 24.0. The zero-order chi connectivity index (χ0) is 24.1. The van der Waals surface area contributed by atoms with Gasteiger partial charge in [0, 0.05) is 58.0 Å². The number of pyridine rings is 1. The Hall–Kier alpha value is -3.16. The lowest BCUT2D eigenvalue weighted by molar-refractivity contribution is 0.0779. The molecule has 0 spiro atoms. The van der Waals surface area contributed by atoms with Crippen molar-refractivity contribution < 1.29 is 9.53 Å². The fourth-order valence-corrected chi connectivity index (χ4v) is 5.15. The monoisotopic (exact) mass is 477 g/mol. The van der Waals surface area contributed by atoms with Crippen LogP contribution in [0.3, 0.4) is 0 Å². The maximum Gasteiger partial charge on any atom is 0.259 e. The van der Waals surface area contributed by atoms with E-state index in [0.717, 1.165) is 30.9 Å². The molecule has 0 N–H and O–H groups in total. The lowest BCUT2D eigenvalue weighted by atomic mass is 10.1. The van der Waals surface area contributed by atoms with Crippen LogP contribution in [0.15, 0.2) is 63.6 Å². The Kier molecular flexibility index (Phi) is 7.65. The van der Waals surface area contributed by atoms with Crippen LogP contribution in [0, 0.1) is 0 Å². The molecule has 2 aromatic heterocycles. The number of hydrogen-bond acceptors (Lipinski definition) is 5. The fraction of sp³-hybridized carbons (Fsp3) is 0.333. The number of aromatic nitrogens is 1. The second kappa shape index (κ2) is 10.8. The molecular formula is C27H31N3O3S. The molecule has 0 saturated heterocycles. The van der Waals surface area contributed by atoms with Crippen molar-refractivity contribution in [2.75, 3.05) is 33.8 Å². The molecule has 3 aromatic rings. The molecule has 0 fully saturated rings. The van der Waals surface area contributed by atoms with Crippen molar-refractivity contribution in [1.29, 1.82) is 0 Å². The summed E-state index contributed by atoms with van der Waals surface area (Å²) in [6.45, 7) is 5.52. The van der Waals surface area contributed by atoms with Crippen LogP contribution in [-0.4, -0.2) is 54.1 Å². The average molecular weight is 478 g/mol. The van der Waals surface area contributed by atoms with Gasteiger partial charge >= 0.3 is 0 Å². The molecule has 0 saturated carbocycles. The third-order valence-electron chi connectivity index (χ3n) is 6.15. The molecule has 0 radical (unpaired) electrons. The van der Waals surface area contributed by atoms with Gasteiger partial charge in [-0.15, -0.1) is 0 Å². The Morgan fingerprint density at radius 2 is 1.97 bits per heavy atom. The smallest absolute Gasteiger partial charge is 0.259 e. The van der Waals surface area contributed by atoms with Crippen LogP contribution >= 0.6 is 11.3 Å². The number of methoxy groups -OCH3 is 1. The molecule has 1 aromatic carbocycles. The van der Waals surface area contributed by atoms with Gasteiger partial charge < -0.3 is 14.2 Å². The van der Waals surface area contributed by atoms with Gasteiger partial charge in [-0.05, 0) is 34.9 Å². The highest BCUT2D eigenvalue weighted by Gasteiger charge is 2.27. The van der Waals surface area contributed by atoms with E-state index < -0.39 is 0 Å². The largest absolute Gasteiger partial charge is 0.496 e. The third kappa shape index (κ3) is 5.48. The molecule has 34 heavy (non-hydrogen) atoms. The van der Waals surface area contributed by atoms with Crippen LogP contribution in [0.1, 0.15) is 34.1 Å². The first-order valence-electron chi connectivity index (χ1n) is 11.5. The van der Waals surface area contributed by atoms with Gasteiger partial charge in [0.1, 0.15) is 11.3 Å². The SMILES string of the molecule is COc1cc(=O)n2c(c1C(=O)N(C)Cc1ccsc1)CCN(CC(C)=Cc1ccccc1)CC2. The summed E-state index contributed by atoms with van der Waals surface area (Å²) in [5.74, 6) is 0.229. The maximum atomic E-state index is 13.5. The van der Waals surface area contributed by atoms with Gasteiger partial charge in [0.2, 0.25) is 0 Å². The molecular weight excluding hydrogens is 446 g/mol. The molecule has 7 heteroatoms. The molecule has 1 aliphatic rings. The lowest BCUT2D eigenvalue weighted by Gasteiger charge is -2.22. The van der Waals surface area contributed by atoms with Crippen molar-refractivity contribution in [2.24, 2.45) is 0 Å². The molecule has 178 valence electrons. The van der Waals surface area contributed by atoms with Crippen LogP contribution in [0.25, 0.3) is 6.08 Å². The predicted octanol–water partition coefficient (Wildman–Crippen LogP) is 4.15. The number of nitrogens with zero attached hydrogens (tertiary/aromatic N) is 3. The van der Waals surface area contributed by atoms with E-state index in [1.54, 1.807) is 27.9 Å². The number of carbonyl (C=O) groups is 1. The number of benzene rings is 1. The molecule has 1 amide bonds. The molecule has 6 nitrogen and oxygen atoms in total. The van der Waals surface area contributed by atoms with E-state index in [2.05, 4.69) is 30.0 Å². The van der Waals surface area contributed by atoms with Gasteiger partial charge in [-0.1, -0.05) is 42.0 Å². The predicted molar refractivity (Wildman–Crippen MR) is 138 cm³/mol. The Labute approximate surface area is 204 Å². The minimum Gasteiger partial charge on any atom is -0.496 e. The number of ether oxygens (including phenoxy) is 1. The highest BCUT2D eigenvalue weighted by Crippen LogP contribution is 2.25. The normalized spacial score (nSPS) is 14.4. The van der Waals surface area contributed by atoms with Crippen molar-refractivity contribution >= 4 is 23.3 Å². The van der Waals surface area contributed by atoms with E-state index in [4.69, 9.17) is 4.74 Å². The number of amides is 1. The number of thiophene rings is 1. The Morgan fingerprint density at radius 1 is 1.18 bits per heavy atom. The van der Waals surface area contributed by atoms with E-state index in [0.29, 0.717) is 30.8 Å². The van der Waals surface area contributed by atoms with Crippen LogP contribution in [0.2, 0.25) is 0 Å². The summed E-state index contributed by atoms with van der Waals surface area (Å²) in [5.41, 5.74) is 4.67. The maximum absolute atomic E-state index is 13.5. The molecule has 0 aliphatic carbocycles. The summed E-state index contributed by atoms with van der Waals surface area (Å²) in [7, 11) is 3.31. The van der Waals surface area contributed by atoms with E-state index >= 15 is 0 Å². The Morgan fingerprint density at radius 3 is 2.68 bits per heavy atom. The third-order valence-corrected chi connectivity index (χ3v) is 6.88. The molecule has 4 rings (SSSR count). The number of hydrogen-bond donors (Lipinski definition) is 0. The van der Waals surface area contributed by atoms with E-state index in [1.165, 1.54) is 24.3 Å². The van der Waals surface area contributed by atoms with Gasteiger partial charge in [-0.25, -0.2) is 0 Å². The highest BCUT2D eigenvalue weighted by atomic mass is 32.1. The van der Waals surface area contributed by atoms with Gasteiger partial charge in [0.25, 0.3) is 11.5 Å². The summed E-state index contributed by atoms with van der Waals surface area (Å²) in [6.07, 6.45) is 2.81. The zero-order valence-electron chi connectivity index (χ0n) is 20.0. The van der Waals surface area contributed by atoms with Crippen molar-refractivity contribution in [3.63, 3.8) is 0 Å². The quantitative estimate of drug-likeness (QED) is 0.513. The molecule has 0 bridgehead atoms. The Bertz CT molecular complexity index is 1220. The minimum absolute atomic E-state index is 0.123. The topological polar surface area (TPSA) is 54.8 Å². The zero-order valence-corrected chi connectivity index (χ0v) is 20.8. The van der Waals surface area contributed by atoms with E-state index in [-0.39, 0.29) is 11.5 Å². The number of rotatable bonds is 7. The van der Waals surface area contributed by atoms with Crippen LogP contribution in [0.4, 0.5) is 0 Å². The van der Waals surface area contributed by atoms with E-state index in [1.807, 2.05) is 35.0 Å². The minimum atomic E-state index is -0.125. The summed E-state index contributed by atoms with van der Waals surface area (Å²) in [4.78, 5) is 30.5. The van der Waals surface area contributed by atoms with Crippen molar-refractivity contribution in [3.8, 4) is 5.75 Å². The number of fused-ring (bicyclic) bond motifs is 1. The van der Waals surface area contributed by atoms with Gasteiger partial charge in [0.05, 0.1) is 7.11 Å². The van der Waals surface area contributed by atoms with Gasteiger partial charge in [-0.3, -0.25) is 14.5 Å². The summed E-state index contributed by atoms with van der Waals surface area (Å²) in [5, 5.41) is 4.05. The van der Waals surface area contributed by atoms with Crippen LogP contribution in [0.5, 0.6) is 5.75 Å². The molecule has 0 unspecified atom stereocenters. The summed E-state index contributed by atoms with van der Waals surface area (Å²) < 4.78 is 7.27. The summed E-state index contributed by atoms with van der Waals surface area (Å²) in [6, 6.07) is 13.7.